The quantitative estimate of drug-likeness (QED) is 0.754. The number of carbonyl (C=O) groups is 2. The molecule has 0 aromatic heterocycles. The maximum absolute atomic E-state index is 12.0. The van der Waals surface area contributed by atoms with Gasteiger partial charge in [0.25, 0.3) is 0 Å². The van der Waals surface area contributed by atoms with E-state index in [0.29, 0.717) is 5.92 Å². The van der Waals surface area contributed by atoms with Gasteiger partial charge in [0.2, 0.25) is 5.91 Å². The molecule has 0 radical (unpaired) electrons. The number of hydrogen-bond donors (Lipinski definition) is 3. The van der Waals surface area contributed by atoms with Crippen LogP contribution in [0, 0.1) is 0 Å². The highest BCUT2D eigenvalue weighted by Gasteiger charge is 2.39. The maximum atomic E-state index is 12.0. The number of rotatable bonds is 6. The molecule has 3 N–H and O–H groups in total. The molecule has 0 bridgehead atoms. The topological polar surface area (TPSA) is 70.2 Å². The van der Waals surface area contributed by atoms with Gasteiger partial charge in [-0.3, -0.25) is 4.79 Å². The van der Waals surface area contributed by atoms with Crippen LogP contribution in [0.4, 0.5) is 9.18 Å². The summed E-state index contributed by atoms with van der Waals surface area (Å²) in [6.45, 7) is 0.903. The fourth-order valence-electron chi connectivity index (χ4n) is 2.96. The summed E-state index contributed by atoms with van der Waals surface area (Å²) in [6, 6.07) is 13.5. The third-order valence-electron chi connectivity index (χ3n) is 4.44. The zero-order chi connectivity index (χ0) is 17.8. The summed E-state index contributed by atoms with van der Waals surface area (Å²) >= 11 is 0. The number of nitrogens with one attached hydrogen (secondary N) is 3. The van der Waals surface area contributed by atoms with E-state index in [9.17, 15) is 14.0 Å². The van der Waals surface area contributed by atoms with Crippen molar-refractivity contribution in [2.75, 3.05) is 13.2 Å². The Labute approximate surface area is 146 Å². The highest BCUT2D eigenvalue weighted by molar-refractivity contribution is 5.87. The molecule has 0 spiro atoms. The maximum Gasteiger partial charge on any atom is 0.315 e. The van der Waals surface area contributed by atoms with Crippen LogP contribution in [0.2, 0.25) is 0 Å². The van der Waals surface area contributed by atoms with Gasteiger partial charge in [-0.15, -0.1) is 0 Å². The smallest absolute Gasteiger partial charge is 0.315 e. The largest absolute Gasteiger partial charge is 0.352 e. The van der Waals surface area contributed by atoms with Gasteiger partial charge in [0.05, 0.1) is 0 Å². The number of benzene rings is 2. The number of alkyl halides is 1. The van der Waals surface area contributed by atoms with E-state index in [0.717, 1.165) is 6.42 Å². The Bertz CT molecular complexity index is 780. The predicted molar refractivity (Wildman–Crippen MR) is 95.2 cm³/mol. The van der Waals surface area contributed by atoms with Gasteiger partial charge >= 0.3 is 6.03 Å². The lowest BCUT2D eigenvalue weighted by Crippen LogP contribution is -2.49. The van der Waals surface area contributed by atoms with Crippen molar-refractivity contribution in [2.45, 2.75) is 31.3 Å². The number of carbonyl (C=O) groups excluding carboxylic acids is 2. The van der Waals surface area contributed by atoms with Crippen LogP contribution >= 0.6 is 0 Å². The molecule has 0 aliphatic heterocycles. The Morgan fingerprint density at radius 1 is 1.20 bits per heavy atom. The average Bonchev–Trinajstić information content (AvgIpc) is 3.37. The van der Waals surface area contributed by atoms with Gasteiger partial charge in [-0.25, -0.2) is 9.18 Å². The zero-order valence-corrected chi connectivity index (χ0v) is 14.1. The third-order valence-corrected chi connectivity index (χ3v) is 4.44. The molecule has 0 heterocycles. The van der Waals surface area contributed by atoms with Gasteiger partial charge < -0.3 is 16.0 Å². The summed E-state index contributed by atoms with van der Waals surface area (Å²) < 4.78 is 12.0. The normalized spacial score (nSPS) is 19.9. The summed E-state index contributed by atoms with van der Waals surface area (Å²) in [4.78, 5) is 23.6. The van der Waals surface area contributed by atoms with Crippen molar-refractivity contribution in [3.8, 4) is 0 Å². The minimum atomic E-state index is -0.704. The average molecular weight is 343 g/mol. The number of fused-ring (bicyclic) bond motifs is 1. The van der Waals surface area contributed by atoms with Crippen LogP contribution in [0.1, 0.15) is 24.8 Å². The molecule has 1 aliphatic carbocycles. The van der Waals surface area contributed by atoms with Crippen molar-refractivity contribution in [1.82, 2.24) is 16.0 Å². The molecule has 3 amide bonds. The monoisotopic (exact) mass is 343 g/mol. The summed E-state index contributed by atoms with van der Waals surface area (Å²) in [5, 5.41) is 10.3. The van der Waals surface area contributed by atoms with E-state index in [1.807, 2.05) is 12.1 Å². The SMILES string of the molecule is CC(NC(=O)N[C@@H]1C[C@H]1c1ccc2ccccc2c1)C(=O)NCCF. The van der Waals surface area contributed by atoms with Crippen molar-refractivity contribution in [2.24, 2.45) is 0 Å². The van der Waals surface area contributed by atoms with Crippen molar-refractivity contribution in [3.05, 3.63) is 48.0 Å². The second-order valence-electron chi connectivity index (χ2n) is 6.37. The van der Waals surface area contributed by atoms with E-state index in [1.165, 1.54) is 16.3 Å². The van der Waals surface area contributed by atoms with Crippen LogP contribution in [-0.4, -0.2) is 37.2 Å². The van der Waals surface area contributed by atoms with Crippen molar-refractivity contribution in [1.29, 1.82) is 0 Å². The third kappa shape index (κ3) is 4.26. The molecular formula is C19H22FN3O2. The molecule has 132 valence electrons. The standard InChI is InChI=1S/C19H22FN3O2/c1-12(18(24)21-9-8-20)22-19(25)23-17-11-16(17)15-7-6-13-4-2-3-5-14(13)10-15/h2-7,10,12,16-17H,8-9,11H2,1H3,(H,21,24)(H2,22,23,25)/t12?,16-,17+/m0/s1. The lowest BCUT2D eigenvalue weighted by Gasteiger charge is -2.14. The molecular weight excluding hydrogens is 321 g/mol. The molecule has 25 heavy (non-hydrogen) atoms. The van der Waals surface area contributed by atoms with Gasteiger partial charge in [0.1, 0.15) is 12.7 Å². The molecule has 1 fully saturated rings. The van der Waals surface area contributed by atoms with E-state index in [-0.39, 0.29) is 18.6 Å². The summed E-state index contributed by atoms with van der Waals surface area (Å²) in [5.41, 5.74) is 1.21. The lowest BCUT2D eigenvalue weighted by atomic mass is 10.0. The van der Waals surface area contributed by atoms with E-state index < -0.39 is 18.6 Å². The van der Waals surface area contributed by atoms with E-state index in [4.69, 9.17) is 0 Å². The first-order valence-corrected chi connectivity index (χ1v) is 8.48. The molecule has 2 aromatic carbocycles. The predicted octanol–water partition coefficient (Wildman–Crippen LogP) is 2.47. The Morgan fingerprint density at radius 2 is 1.96 bits per heavy atom. The van der Waals surface area contributed by atoms with Crippen molar-refractivity contribution >= 4 is 22.7 Å². The highest BCUT2D eigenvalue weighted by atomic mass is 19.1. The van der Waals surface area contributed by atoms with Gasteiger partial charge in [-0.05, 0) is 29.7 Å². The number of hydrogen-bond acceptors (Lipinski definition) is 2. The van der Waals surface area contributed by atoms with Crippen LogP contribution in [0.5, 0.6) is 0 Å². The molecule has 2 aromatic rings. The first kappa shape index (κ1) is 17.2. The van der Waals surface area contributed by atoms with Crippen LogP contribution in [0.15, 0.2) is 42.5 Å². The molecule has 3 rings (SSSR count). The van der Waals surface area contributed by atoms with Gasteiger partial charge in [0.15, 0.2) is 0 Å². The van der Waals surface area contributed by atoms with Gasteiger partial charge in [-0.1, -0.05) is 42.5 Å². The molecule has 6 heteroatoms. The summed E-state index contributed by atoms with van der Waals surface area (Å²) in [7, 11) is 0. The number of halogens is 1. The van der Waals surface area contributed by atoms with Crippen LogP contribution in [0.25, 0.3) is 10.8 Å². The van der Waals surface area contributed by atoms with Gasteiger partial charge in [-0.2, -0.15) is 0 Å². The molecule has 1 aliphatic rings. The second kappa shape index (κ2) is 7.51. The minimum Gasteiger partial charge on any atom is -0.352 e. The van der Waals surface area contributed by atoms with E-state index in [1.54, 1.807) is 6.92 Å². The Morgan fingerprint density at radius 3 is 2.72 bits per heavy atom. The van der Waals surface area contributed by atoms with Gasteiger partial charge in [0, 0.05) is 18.5 Å². The minimum absolute atomic E-state index is 0.0425. The Hall–Kier alpha value is -2.63. The first-order valence-electron chi connectivity index (χ1n) is 8.48. The second-order valence-corrected chi connectivity index (χ2v) is 6.37. The van der Waals surface area contributed by atoms with E-state index >= 15 is 0 Å². The Kier molecular flexibility index (Phi) is 5.16. The molecule has 3 atom stereocenters. The first-order chi connectivity index (χ1) is 12.1. The fraction of sp³-hybridized carbons (Fsp3) is 0.368. The van der Waals surface area contributed by atoms with Crippen LogP contribution in [0.3, 0.4) is 0 Å². The van der Waals surface area contributed by atoms with Crippen molar-refractivity contribution < 1.29 is 14.0 Å². The number of urea groups is 1. The van der Waals surface area contributed by atoms with Crippen molar-refractivity contribution in [3.63, 3.8) is 0 Å². The molecule has 0 saturated heterocycles. The zero-order valence-electron chi connectivity index (χ0n) is 14.1. The van der Waals surface area contributed by atoms with Crippen LogP contribution < -0.4 is 16.0 Å². The van der Waals surface area contributed by atoms with Crippen LogP contribution in [-0.2, 0) is 4.79 Å². The lowest BCUT2D eigenvalue weighted by molar-refractivity contribution is -0.122. The summed E-state index contributed by atoms with van der Waals surface area (Å²) in [5.74, 6) is -0.0966. The molecule has 1 unspecified atom stereocenters. The highest BCUT2D eigenvalue weighted by Crippen LogP contribution is 2.41. The fourth-order valence-corrected chi connectivity index (χ4v) is 2.96. The molecule has 5 nitrogen and oxygen atoms in total. The Balaban J connectivity index is 1.51. The molecule has 1 saturated carbocycles. The van der Waals surface area contributed by atoms with E-state index in [2.05, 4.69) is 46.3 Å². The summed E-state index contributed by atoms with van der Waals surface area (Å²) in [6.07, 6.45) is 0.883. The number of amides is 3.